The van der Waals surface area contributed by atoms with Gasteiger partial charge in [0.2, 0.25) is 0 Å². The molecular formula is C21H27F2IN4O. The number of aliphatic imine (C=N–C) groups is 1. The third kappa shape index (κ3) is 6.02. The van der Waals surface area contributed by atoms with Crippen molar-refractivity contribution in [3.05, 3.63) is 65.2 Å². The Morgan fingerprint density at radius 1 is 1.07 bits per heavy atom. The van der Waals surface area contributed by atoms with Crippen molar-refractivity contribution in [2.75, 3.05) is 37.6 Å². The van der Waals surface area contributed by atoms with Crippen LogP contribution in [0.25, 0.3) is 0 Å². The monoisotopic (exact) mass is 516 g/mol. The van der Waals surface area contributed by atoms with Gasteiger partial charge in [0.1, 0.15) is 11.6 Å². The molecule has 1 heterocycles. The number of piperazine rings is 1. The number of nitrogens with one attached hydrogen (secondary N) is 1. The third-order valence-electron chi connectivity index (χ3n) is 4.85. The number of halogens is 3. The number of hydrogen-bond donors (Lipinski definition) is 2. The second-order valence-electron chi connectivity index (χ2n) is 6.67. The Kier molecular flexibility index (Phi) is 9.09. The van der Waals surface area contributed by atoms with Crippen LogP contribution in [0.5, 0.6) is 0 Å². The van der Waals surface area contributed by atoms with Gasteiger partial charge in [0.05, 0.1) is 18.8 Å². The fourth-order valence-electron chi connectivity index (χ4n) is 3.34. The zero-order valence-electron chi connectivity index (χ0n) is 16.4. The molecule has 0 spiro atoms. The van der Waals surface area contributed by atoms with E-state index in [0.29, 0.717) is 38.4 Å². The molecule has 8 heteroatoms. The molecule has 1 saturated heterocycles. The zero-order chi connectivity index (χ0) is 19.9. The summed E-state index contributed by atoms with van der Waals surface area (Å²) in [6, 6.07) is 11.2. The average molecular weight is 516 g/mol. The summed E-state index contributed by atoms with van der Waals surface area (Å²) in [6.45, 7) is 5.68. The standard InChI is InChI=1S/C21H26F2N4O.HI/c1-2-24-21(25-14-16-5-3-4-6-17(16)15-28)27-11-9-26(10-12-27)20-13-18(22)7-8-19(20)23;/h3-8,13,28H,2,9-12,14-15H2,1H3,(H,24,25);1H. The predicted octanol–water partition coefficient (Wildman–Crippen LogP) is 3.36. The molecule has 0 bridgehead atoms. The summed E-state index contributed by atoms with van der Waals surface area (Å²) in [6.07, 6.45) is 0. The topological polar surface area (TPSA) is 51.1 Å². The van der Waals surface area contributed by atoms with Gasteiger partial charge in [0.25, 0.3) is 0 Å². The molecule has 2 N–H and O–H groups in total. The van der Waals surface area contributed by atoms with Crippen LogP contribution >= 0.6 is 24.0 Å². The van der Waals surface area contributed by atoms with Gasteiger partial charge in [-0.15, -0.1) is 24.0 Å². The Balaban J connectivity index is 0.00000300. The molecule has 5 nitrogen and oxygen atoms in total. The number of rotatable bonds is 5. The zero-order valence-corrected chi connectivity index (χ0v) is 18.8. The minimum atomic E-state index is -0.434. The Hall–Kier alpha value is -1.94. The lowest BCUT2D eigenvalue weighted by Gasteiger charge is -2.37. The largest absolute Gasteiger partial charge is 0.392 e. The van der Waals surface area contributed by atoms with E-state index in [-0.39, 0.29) is 30.6 Å². The van der Waals surface area contributed by atoms with Gasteiger partial charge in [-0.1, -0.05) is 24.3 Å². The van der Waals surface area contributed by atoms with E-state index in [0.717, 1.165) is 29.7 Å². The summed E-state index contributed by atoms with van der Waals surface area (Å²) in [5, 5.41) is 12.8. The number of benzene rings is 2. The summed E-state index contributed by atoms with van der Waals surface area (Å²) in [7, 11) is 0. The van der Waals surface area contributed by atoms with Gasteiger partial charge in [0, 0.05) is 38.8 Å². The number of aliphatic hydroxyl groups is 1. The van der Waals surface area contributed by atoms with E-state index in [1.54, 1.807) is 0 Å². The van der Waals surface area contributed by atoms with Crippen LogP contribution < -0.4 is 10.2 Å². The van der Waals surface area contributed by atoms with Gasteiger partial charge in [-0.3, -0.25) is 0 Å². The molecule has 1 fully saturated rings. The van der Waals surface area contributed by atoms with E-state index >= 15 is 0 Å². The molecule has 0 unspecified atom stereocenters. The second-order valence-corrected chi connectivity index (χ2v) is 6.67. The van der Waals surface area contributed by atoms with Gasteiger partial charge < -0.3 is 20.2 Å². The second kappa shape index (κ2) is 11.3. The van der Waals surface area contributed by atoms with Crippen molar-refractivity contribution in [3.63, 3.8) is 0 Å². The van der Waals surface area contributed by atoms with E-state index < -0.39 is 11.6 Å². The molecule has 0 atom stereocenters. The first-order chi connectivity index (χ1) is 13.6. The molecule has 3 rings (SSSR count). The van der Waals surface area contributed by atoms with Crippen LogP contribution in [0.4, 0.5) is 14.5 Å². The summed E-state index contributed by atoms with van der Waals surface area (Å²) < 4.78 is 27.5. The fraction of sp³-hybridized carbons (Fsp3) is 0.381. The SMILES string of the molecule is CCNC(=NCc1ccccc1CO)N1CCN(c2cc(F)ccc2F)CC1.I. The summed E-state index contributed by atoms with van der Waals surface area (Å²) in [5.41, 5.74) is 2.16. The van der Waals surface area contributed by atoms with Crippen LogP contribution in [-0.4, -0.2) is 48.7 Å². The van der Waals surface area contributed by atoms with Gasteiger partial charge in [-0.25, -0.2) is 13.8 Å². The maximum absolute atomic E-state index is 14.0. The van der Waals surface area contributed by atoms with Gasteiger partial charge in [-0.2, -0.15) is 0 Å². The molecule has 0 amide bonds. The normalized spacial score (nSPS) is 14.6. The lowest BCUT2D eigenvalue weighted by molar-refractivity contribution is 0.280. The molecule has 0 aromatic heterocycles. The van der Waals surface area contributed by atoms with Crippen molar-refractivity contribution in [3.8, 4) is 0 Å². The number of anilines is 1. The first kappa shape index (κ1) is 23.3. The average Bonchev–Trinajstić information content (AvgIpc) is 2.73. The van der Waals surface area contributed by atoms with Gasteiger partial charge in [-0.05, 0) is 30.2 Å². The maximum atomic E-state index is 14.0. The first-order valence-corrected chi connectivity index (χ1v) is 9.53. The lowest BCUT2D eigenvalue weighted by atomic mass is 10.1. The van der Waals surface area contributed by atoms with Crippen LogP contribution in [0, 0.1) is 11.6 Å². The van der Waals surface area contributed by atoms with Crippen LogP contribution in [0.2, 0.25) is 0 Å². The van der Waals surface area contributed by atoms with E-state index in [9.17, 15) is 13.9 Å². The molecule has 0 aliphatic carbocycles. The molecular weight excluding hydrogens is 489 g/mol. The molecule has 0 saturated carbocycles. The highest BCUT2D eigenvalue weighted by Gasteiger charge is 2.22. The smallest absolute Gasteiger partial charge is 0.194 e. The highest BCUT2D eigenvalue weighted by molar-refractivity contribution is 14.0. The number of guanidine groups is 1. The highest BCUT2D eigenvalue weighted by Crippen LogP contribution is 2.22. The molecule has 29 heavy (non-hydrogen) atoms. The molecule has 1 aliphatic heterocycles. The minimum Gasteiger partial charge on any atom is -0.392 e. The van der Waals surface area contributed by atoms with Crippen LogP contribution in [0.1, 0.15) is 18.1 Å². The van der Waals surface area contributed by atoms with E-state index in [4.69, 9.17) is 4.99 Å². The van der Waals surface area contributed by atoms with Crippen molar-refractivity contribution in [1.82, 2.24) is 10.2 Å². The fourth-order valence-corrected chi connectivity index (χ4v) is 3.34. The van der Waals surface area contributed by atoms with Crippen LogP contribution in [0.15, 0.2) is 47.5 Å². The highest BCUT2D eigenvalue weighted by atomic mass is 127. The van der Waals surface area contributed by atoms with E-state index in [1.807, 2.05) is 36.1 Å². The molecule has 158 valence electrons. The molecule has 2 aromatic carbocycles. The predicted molar refractivity (Wildman–Crippen MR) is 123 cm³/mol. The summed E-state index contributed by atoms with van der Waals surface area (Å²) in [4.78, 5) is 8.70. The van der Waals surface area contributed by atoms with Crippen LogP contribution in [0.3, 0.4) is 0 Å². The number of nitrogens with zero attached hydrogens (tertiary/aromatic N) is 3. The minimum absolute atomic E-state index is 0. The summed E-state index contributed by atoms with van der Waals surface area (Å²) in [5.74, 6) is -0.0538. The van der Waals surface area contributed by atoms with Crippen molar-refractivity contribution >= 4 is 35.6 Å². The third-order valence-corrected chi connectivity index (χ3v) is 4.85. The van der Waals surface area contributed by atoms with Crippen molar-refractivity contribution in [2.24, 2.45) is 4.99 Å². The quantitative estimate of drug-likeness (QED) is 0.364. The Labute approximate surface area is 187 Å². The van der Waals surface area contributed by atoms with Crippen LogP contribution in [-0.2, 0) is 13.2 Å². The van der Waals surface area contributed by atoms with E-state index in [1.165, 1.54) is 12.1 Å². The Morgan fingerprint density at radius 2 is 1.76 bits per heavy atom. The number of hydrogen-bond acceptors (Lipinski definition) is 3. The lowest BCUT2D eigenvalue weighted by Crippen LogP contribution is -2.52. The van der Waals surface area contributed by atoms with Gasteiger partial charge in [0.15, 0.2) is 5.96 Å². The first-order valence-electron chi connectivity index (χ1n) is 9.53. The van der Waals surface area contributed by atoms with E-state index in [2.05, 4.69) is 10.2 Å². The Morgan fingerprint density at radius 3 is 2.41 bits per heavy atom. The Bertz CT molecular complexity index is 826. The maximum Gasteiger partial charge on any atom is 0.194 e. The molecule has 2 aromatic rings. The summed E-state index contributed by atoms with van der Waals surface area (Å²) >= 11 is 0. The molecule has 0 radical (unpaired) electrons. The number of aliphatic hydroxyl groups excluding tert-OH is 1. The van der Waals surface area contributed by atoms with Gasteiger partial charge >= 0.3 is 0 Å². The van der Waals surface area contributed by atoms with Crippen molar-refractivity contribution in [2.45, 2.75) is 20.1 Å². The van der Waals surface area contributed by atoms with Crippen molar-refractivity contribution < 1.29 is 13.9 Å². The van der Waals surface area contributed by atoms with Crippen molar-refractivity contribution in [1.29, 1.82) is 0 Å². The molecule has 1 aliphatic rings.